The van der Waals surface area contributed by atoms with Crippen LogP contribution in [0.5, 0.6) is 0 Å². The molecule has 0 radical (unpaired) electrons. The molecule has 0 fully saturated rings. The van der Waals surface area contributed by atoms with Crippen LogP contribution in [0.3, 0.4) is 0 Å². The lowest BCUT2D eigenvalue weighted by Gasteiger charge is -2.39. The van der Waals surface area contributed by atoms with Gasteiger partial charge in [0, 0.05) is 7.11 Å². The van der Waals surface area contributed by atoms with Crippen molar-refractivity contribution in [2.24, 2.45) is 0 Å². The lowest BCUT2D eigenvalue weighted by atomic mass is 9.82. The molecule has 1 N–H and O–H groups in total. The molecule has 0 amide bonds. The summed E-state index contributed by atoms with van der Waals surface area (Å²) in [4.78, 5) is 0. The molecule has 1 aromatic rings. The molecule has 0 saturated carbocycles. The van der Waals surface area contributed by atoms with Crippen molar-refractivity contribution in [2.45, 2.75) is 51.4 Å². The Hall–Kier alpha value is -1.07. The van der Waals surface area contributed by atoms with Gasteiger partial charge in [0.05, 0.1) is 17.2 Å². The minimum Gasteiger partial charge on any atom is -0.376 e. The van der Waals surface area contributed by atoms with Crippen LogP contribution in [0.1, 0.15) is 49.4 Å². The Morgan fingerprint density at radius 1 is 1.19 bits per heavy atom. The Morgan fingerprint density at radius 2 is 1.76 bits per heavy atom. The summed E-state index contributed by atoms with van der Waals surface area (Å²) in [6.45, 7) is 5.76. The number of alkyl halides is 3. The SMILES string of the molecule is CCC(CC)(OC)C(NC)c1ccc(C(F)(F)F)cc1C. The number of benzene rings is 1. The molecule has 1 aromatic carbocycles. The van der Waals surface area contributed by atoms with Crippen molar-refractivity contribution in [1.82, 2.24) is 5.32 Å². The summed E-state index contributed by atoms with van der Waals surface area (Å²) in [5, 5.41) is 3.20. The first-order chi connectivity index (χ1) is 9.75. The zero-order valence-corrected chi connectivity index (χ0v) is 13.3. The smallest absolute Gasteiger partial charge is 0.376 e. The van der Waals surface area contributed by atoms with Crippen LogP contribution in [0.25, 0.3) is 0 Å². The van der Waals surface area contributed by atoms with Crippen molar-refractivity contribution in [3.8, 4) is 0 Å². The molecule has 0 aromatic heterocycles. The Bertz CT molecular complexity index is 459. The van der Waals surface area contributed by atoms with Gasteiger partial charge < -0.3 is 10.1 Å². The summed E-state index contributed by atoms with van der Waals surface area (Å²) >= 11 is 0. The maximum absolute atomic E-state index is 12.8. The molecule has 1 atom stereocenters. The summed E-state index contributed by atoms with van der Waals surface area (Å²) in [6, 6.07) is 3.74. The van der Waals surface area contributed by atoms with Gasteiger partial charge in [0.15, 0.2) is 0 Å². The highest BCUT2D eigenvalue weighted by atomic mass is 19.4. The summed E-state index contributed by atoms with van der Waals surface area (Å²) in [7, 11) is 3.46. The van der Waals surface area contributed by atoms with Crippen LogP contribution in [0.15, 0.2) is 18.2 Å². The fourth-order valence-electron chi connectivity index (χ4n) is 2.94. The van der Waals surface area contributed by atoms with Gasteiger partial charge in [-0.05, 0) is 50.1 Å². The fourth-order valence-corrected chi connectivity index (χ4v) is 2.94. The molecule has 0 saturated heterocycles. The summed E-state index contributed by atoms with van der Waals surface area (Å²) < 4.78 is 44.0. The van der Waals surface area contributed by atoms with E-state index in [1.54, 1.807) is 27.1 Å². The van der Waals surface area contributed by atoms with Crippen LogP contribution in [-0.4, -0.2) is 19.8 Å². The van der Waals surface area contributed by atoms with E-state index in [1.807, 2.05) is 13.8 Å². The van der Waals surface area contributed by atoms with E-state index in [2.05, 4.69) is 5.32 Å². The van der Waals surface area contributed by atoms with E-state index in [-0.39, 0.29) is 6.04 Å². The van der Waals surface area contributed by atoms with Gasteiger partial charge in [-0.2, -0.15) is 13.2 Å². The van der Waals surface area contributed by atoms with Crippen LogP contribution >= 0.6 is 0 Å². The van der Waals surface area contributed by atoms with Gasteiger partial charge in [0.25, 0.3) is 0 Å². The van der Waals surface area contributed by atoms with Crippen LogP contribution in [0.2, 0.25) is 0 Å². The molecular weight excluding hydrogens is 279 g/mol. The molecule has 1 unspecified atom stereocenters. The molecule has 2 nitrogen and oxygen atoms in total. The van der Waals surface area contributed by atoms with E-state index in [0.717, 1.165) is 24.5 Å². The van der Waals surface area contributed by atoms with Crippen LogP contribution in [-0.2, 0) is 10.9 Å². The molecular formula is C16H24F3NO. The molecule has 0 bridgehead atoms. The second kappa shape index (κ2) is 6.79. The van der Waals surface area contributed by atoms with Crippen LogP contribution in [0.4, 0.5) is 13.2 Å². The highest BCUT2D eigenvalue weighted by Gasteiger charge is 2.37. The normalized spacial score (nSPS) is 14.3. The topological polar surface area (TPSA) is 21.3 Å². The zero-order chi connectivity index (χ0) is 16.3. The summed E-state index contributed by atoms with van der Waals surface area (Å²) in [5.41, 5.74) is 0.414. The molecule has 0 heterocycles. The lowest BCUT2D eigenvalue weighted by molar-refractivity contribution is -0.137. The minimum absolute atomic E-state index is 0.153. The minimum atomic E-state index is -4.31. The second-order valence-electron chi connectivity index (χ2n) is 5.27. The molecule has 120 valence electrons. The monoisotopic (exact) mass is 303 g/mol. The first-order valence-electron chi connectivity index (χ1n) is 7.15. The van der Waals surface area contributed by atoms with Gasteiger partial charge in [0.1, 0.15) is 0 Å². The van der Waals surface area contributed by atoms with Gasteiger partial charge in [-0.15, -0.1) is 0 Å². The van der Waals surface area contributed by atoms with Crippen LogP contribution < -0.4 is 5.32 Å². The largest absolute Gasteiger partial charge is 0.416 e. The molecule has 0 aliphatic heterocycles. The predicted octanol–water partition coefficient (Wildman–Crippen LogP) is 4.48. The summed E-state index contributed by atoms with van der Waals surface area (Å²) in [6.07, 6.45) is -2.77. The van der Waals surface area contributed by atoms with Crippen molar-refractivity contribution >= 4 is 0 Å². The maximum atomic E-state index is 12.8. The molecule has 5 heteroatoms. The van der Waals surface area contributed by atoms with E-state index in [1.165, 1.54) is 6.07 Å². The second-order valence-corrected chi connectivity index (χ2v) is 5.27. The first-order valence-corrected chi connectivity index (χ1v) is 7.15. The number of halogens is 3. The average molecular weight is 303 g/mol. The van der Waals surface area contributed by atoms with Crippen molar-refractivity contribution < 1.29 is 17.9 Å². The van der Waals surface area contributed by atoms with Crippen molar-refractivity contribution in [3.63, 3.8) is 0 Å². The molecule has 1 rings (SSSR count). The quantitative estimate of drug-likeness (QED) is 0.836. The highest BCUT2D eigenvalue weighted by molar-refractivity contribution is 5.36. The highest BCUT2D eigenvalue weighted by Crippen LogP contribution is 2.38. The Morgan fingerprint density at radius 3 is 2.10 bits per heavy atom. The predicted molar refractivity (Wildman–Crippen MR) is 78.3 cm³/mol. The maximum Gasteiger partial charge on any atom is 0.416 e. The molecule has 0 aliphatic carbocycles. The fraction of sp³-hybridized carbons (Fsp3) is 0.625. The number of ether oxygens (including phenoxy) is 1. The van der Waals surface area contributed by atoms with E-state index in [0.29, 0.717) is 5.56 Å². The average Bonchev–Trinajstić information content (AvgIpc) is 2.45. The Labute approximate surface area is 124 Å². The van der Waals surface area contributed by atoms with Crippen LogP contribution in [0, 0.1) is 6.92 Å². The number of methoxy groups -OCH3 is 1. The number of likely N-dealkylation sites (N-methyl/N-ethyl adjacent to an activating group) is 1. The van der Waals surface area contributed by atoms with Gasteiger partial charge >= 0.3 is 6.18 Å². The first kappa shape index (κ1) is 18.0. The van der Waals surface area contributed by atoms with Gasteiger partial charge in [-0.3, -0.25) is 0 Å². The lowest BCUT2D eigenvalue weighted by Crippen LogP contribution is -2.44. The molecule has 0 aliphatic rings. The standard InChI is InChI=1S/C16H24F3NO/c1-6-15(7-2,21-5)14(20-4)13-9-8-12(10-11(13)3)16(17,18)19/h8-10,14,20H,6-7H2,1-5H3. The van der Waals surface area contributed by atoms with E-state index < -0.39 is 17.3 Å². The van der Waals surface area contributed by atoms with E-state index in [9.17, 15) is 13.2 Å². The zero-order valence-electron chi connectivity index (χ0n) is 13.3. The molecule has 21 heavy (non-hydrogen) atoms. The van der Waals surface area contributed by atoms with E-state index >= 15 is 0 Å². The third kappa shape index (κ3) is 3.58. The van der Waals surface area contributed by atoms with Crippen molar-refractivity contribution in [2.75, 3.05) is 14.2 Å². The number of hydrogen-bond acceptors (Lipinski definition) is 2. The Balaban J connectivity index is 3.30. The third-order valence-corrected chi connectivity index (χ3v) is 4.33. The van der Waals surface area contributed by atoms with Gasteiger partial charge in [-0.1, -0.05) is 19.9 Å². The Kier molecular flexibility index (Phi) is 5.82. The van der Waals surface area contributed by atoms with Crippen molar-refractivity contribution in [3.05, 3.63) is 34.9 Å². The number of nitrogens with one attached hydrogen (secondary N) is 1. The summed E-state index contributed by atoms with van der Waals surface area (Å²) in [5.74, 6) is 0. The third-order valence-electron chi connectivity index (χ3n) is 4.33. The number of hydrogen-bond donors (Lipinski definition) is 1. The van der Waals surface area contributed by atoms with Gasteiger partial charge in [0.2, 0.25) is 0 Å². The number of aryl methyl sites for hydroxylation is 1. The van der Waals surface area contributed by atoms with Gasteiger partial charge in [-0.25, -0.2) is 0 Å². The number of rotatable bonds is 6. The van der Waals surface area contributed by atoms with Crippen molar-refractivity contribution in [1.29, 1.82) is 0 Å². The molecule has 0 spiro atoms. The van der Waals surface area contributed by atoms with E-state index in [4.69, 9.17) is 4.74 Å².